The third kappa shape index (κ3) is 5.97. The van der Waals surface area contributed by atoms with E-state index in [0.717, 1.165) is 4.31 Å². The molecule has 0 radical (unpaired) electrons. The van der Waals surface area contributed by atoms with Crippen LogP contribution in [0.15, 0.2) is 18.2 Å². The summed E-state index contributed by atoms with van der Waals surface area (Å²) in [5.41, 5.74) is 2.58. The molecule has 26 heavy (non-hydrogen) atoms. The SMILES string of the molecule is CCN(C(C(=O)ONC(=O)Cc1ccc(O)c(OC)c1)C(C)C)S(=O)O. The van der Waals surface area contributed by atoms with Gasteiger partial charge in [-0.2, -0.15) is 9.79 Å². The molecule has 1 aromatic carbocycles. The summed E-state index contributed by atoms with van der Waals surface area (Å²) < 4.78 is 26.7. The number of nitrogens with zero attached hydrogens (tertiary/aromatic N) is 1. The maximum Gasteiger partial charge on any atom is 0.350 e. The van der Waals surface area contributed by atoms with Crippen LogP contribution in [0.1, 0.15) is 26.3 Å². The van der Waals surface area contributed by atoms with Crippen molar-refractivity contribution in [2.45, 2.75) is 33.2 Å². The van der Waals surface area contributed by atoms with Crippen LogP contribution in [0.3, 0.4) is 0 Å². The van der Waals surface area contributed by atoms with Crippen molar-refractivity contribution in [2.75, 3.05) is 13.7 Å². The summed E-state index contributed by atoms with van der Waals surface area (Å²) >= 11 is -2.34. The Kier molecular flexibility index (Phi) is 8.49. The zero-order valence-corrected chi connectivity index (χ0v) is 15.9. The minimum Gasteiger partial charge on any atom is -0.504 e. The molecule has 0 heterocycles. The van der Waals surface area contributed by atoms with E-state index in [1.54, 1.807) is 20.8 Å². The van der Waals surface area contributed by atoms with Gasteiger partial charge in [0.15, 0.2) is 11.5 Å². The number of phenols is 1. The summed E-state index contributed by atoms with van der Waals surface area (Å²) in [4.78, 5) is 29.0. The number of phenolic OH excluding ortho intramolecular Hbond substituents is 1. The number of amides is 1. The van der Waals surface area contributed by atoms with Crippen molar-refractivity contribution in [3.63, 3.8) is 0 Å². The number of hydrogen-bond donors (Lipinski definition) is 3. The zero-order chi connectivity index (χ0) is 19.9. The molecule has 0 bridgehead atoms. The molecule has 10 heteroatoms. The molecule has 3 N–H and O–H groups in total. The summed E-state index contributed by atoms with van der Waals surface area (Å²) in [5, 5.41) is 9.53. The van der Waals surface area contributed by atoms with Gasteiger partial charge in [-0.3, -0.25) is 9.35 Å². The normalized spacial score (nSPS) is 13.3. The van der Waals surface area contributed by atoms with E-state index in [2.05, 4.69) is 0 Å². The number of aromatic hydroxyl groups is 1. The Labute approximate surface area is 154 Å². The molecule has 0 aliphatic heterocycles. The highest BCUT2D eigenvalue weighted by Crippen LogP contribution is 2.26. The topological polar surface area (TPSA) is 125 Å². The number of nitrogens with one attached hydrogen (secondary N) is 1. The number of ether oxygens (including phenoxy) is 1. The fourth-order valence-electron chi connectivity index (χ4n) is 2.35. The van der Waals surface area contributed by atoms with Gasteiger partial charge < -0.3 is 14.7 Å². The van der Waals surface area contributed by atoms with E-state index in [1.165, 1.54) is 25.3 Å². The molecule has 9 nitrogen and oxygen atoms in total. The highest BCUT2D eigenvalue weighted by molar-refractivity contribution is 7.76. The van der Waals surface area contributed by atoms with Crippen molar-refractivity contribution in [1.82, 2.24) is 9.79 Å². The lowest BCUT2D eigenvalue weighted by molar-refractivity contribution is -0.163. The Morgan fingerprint density at radius 2 is 2.00 bits per heavy atom. The lowest BCUT2D eigenvalue weighted by Crippen LogP contribution is -2.48. The Morgan fingerprint density at radius 1 is 1.35 bits per heavy atom. The molecular formula is C16H24N2O7S. The zero-order valence-electron chi connectivity index (χ0n) is 15.1. The summed E-state index contributed by atoms with van der Waals surface area (Å²) in [7, 11) is 1.39. The Morgan fingerprint density at radius 3 is 2.50 bits per heavy atom. The number of rotatable bonds is 8. The molecule has 1 aromatic rings. The van der Waals surface area contributed by atoms with Crippen molar-refractivity contribution < 1.29 is 33.0 Å². The third-order valence-electron chi connectivity index (χ3n) is 3.57. The first-order chi connectivity index (χ1) is 12.2. The number of methoxy groups -OCH3 is 1. The van der Waals surface area contributed by atoms with Gasteiger partial charge in [0.25, 0.3) is 5.91 Å². The first kappa shape index (κ1) is 21.9. The predicted octanol–water partition coefficient (Wildman–Crippen LogP) is 1.00. The van der Waals surface area contributed by atoms with Crippen molar-refractivity contribution in [2.24, 2.45) is 5.92 Å². The van der Waals surface area contributed by atoms with Crippen molar-refractivity contribution >= 4 is 23.1 Å². The molecule has 146 valence electrons. The average molecular weight is 388 g/mol. The number of hydroxylamine groups is 1. The predicted molar refractivity (Wildman–Crippen MR) is 94.4 cm³/mol. The van der Waals surface area contributed by atoms with Gasteiger partial charge in [-0.15, -0.1) is 0 Å². The number of benzene rings is 1. The summed E-state index contributed by atoms with van der Waals surface area (Å²) in [5.74, 6) is -1.57. The van der Waals surface area contributed by atoms with Crippen molar-refractivity contribution in [3.8, 4) is 11.5 Å². The third-order valence-corrected chi connectivity index (χ3v) is 4.46. The van der Waals surface area contributed by atoms with Crippen LogP contribution in [0.5, 0.6) is 11.5 Å². The van der Waals surface area contributed by atoms with Gasteiger partial charge in [0, 0.05) is 6.54 Å². The van der Waals surface area contributed by atoms with Gasteiger partial charge in [0.1, 0.15) is 6.04 Å². The van der Waals surface area contributed by atoms with Crippen LogP contribution < -0.4 is 10.2 Å². The van der Waals surface area contributed by atoms with Crippen molar-refractivity contribution in [3.05, 3.63) is 23.8 Å². The van der Waals surface area contributed by atoms with Gasteiger partial charge in [-0.05, 0) is 23.6 Å². The summed E-state index contributed by atoms with van der Waals surface area (Å²) in [6.07, 6.45) is -0.111. The van der Waals surface area contributed by atoms with Crippen LogP contribution in [0.4, 0.5) is 0 Å². The Bertz CT molecular complexity index is 666. The number of carbonyl (C=O) groups excluding carboxylic acids is 2. The van der Waals surface area contributed by atoms with E-state index in [-0.39, 0.29) is 30.4 Å². The van der Waals surface area contributed by atoms with Crippen LogP contribution in [-0.4, -0.2) is 49.7 Å². The second-order valence-corrected chi connectivity index (χ2v) is 6.71. The standard InChI is InChI=1S/C16H24N2O7S/c1-5-18(26(22)23)15(10(2)3)16(21)25-17-14(20)9-11-6-7-12(19)13(8-11)24-4/h6-8,10,15,19H,5,9H2,1-4H3,(H,17,20)(H,22,23). The highest BCUT2D eigenvalue weighted by Gasteiger charge is 2.33. The van der Waals surface area contributed by atoms with E-state index in [9.17, 15) is 23.5 Å². The molecule has 1 amide bonds. The van der Waals surface area contributed by atoms with E-state index < -0.39 is 29.2 Å². The quantitative estimate of drug-likeness (QED) is 0.448. The van der Waals surface area contributed by atoms with Crippen molar-refractivity contribution in [1.29, 1.82) is 0 Å². The van der Waals surface area contributed by atoms with Gasteiger partial charge in [0.05, 0.1) is 13.5 Å². The maximum absolute atomic E-state index is 12.2. The molecule has 0 saturated heterocycles. The van der Waals surface area contributed by atoms with Crippen LogP contribution in [0, 0.1) is 5.92 Å². The Hall–Kier alpha value is -2.17. The smallest absolute Gasteiger partial charge is 0.350 e. The molecule has 0 fully saturated rings. The lowest BCUT2D eigenvalue weighted by Gasteiger charge is -2.27. The van der Waals surface area contributed by atoms with E-state index in [1.807, 2.05) is 5.48 Å². The Balaban J connectivity index is 2.70. The number of likely N-dealkylation sites (N-methyl/N-ethyl adjacent to an activating group) is 1. The molecular weight excluding hydrogens is 364 g/mol. The second-order valence-electron chi connectivity index (χ2n) is 5.78. The second kappa shape index (κ2) is 10.1. The highest BCUT2D eigenvalue weighted by atomic mass is 32.2. The average Bonchev–Trinajstić information content (AvgIpc) is 2.58. The van der Waals surface area contributed by atoms with E-state index in [4.69, 9.17) is 9.57 Å². The van der Waals surface area contributed by atoms with Crippen LogP contribution in [0.2, 0.25) is 0 Å². The summed E-state index contributed by atoms with van der Waals surface area (Å²) in [6, 6.07) is 3.42. The fraction of sp³-hybridized carbons (Fsp3) is 0.500. The van der Waals surface area contributed by atoms with Gasteiger partial charge in [-0.1, -0.05) is 26.8 Å². The fourth-order valence-corrected chi connectivity index (χ4v) is 3.09. The van der Waals surface area contributed by atoms with Crippen LogP contribution in [-0.2, 0) is 32.1 Å². The van der Waals surface area contributed by atoms with Gasteiger partial charge >= 0.3 is 5.97 Å². The molecule has 0 saturated carbocycles. The maximum atomic E-state index is 12.2. The summed E-state index contributed by atoms with van der Waals surface area (Å²) in [6.45, 7) is 5.19. The molecule has 1 rings (SSSR count). The first-order valence-corrected chi connectivity index (χ1v) is 9.00. The van der Waals surface area contributed by atoms with Gasteiger partial charge in [-0.25, -0.2) is 9.00 Å². The van der Waals surface area contributed by atoms with E-state index in [0.29, 0.717) is 5.56 Å². The first-order valence-electron chi connectivity index (χ1n) is 7.94. The minimum absolute atomic E-state index is 0.0560. The molecule has 0 aliphatic carbocycles. The lowest BCUT2D eigenvalue weighted by atomic mass is 10.1. The molecule has 0 aromatic heterocycles. The molecule has 2 atom stereocenters. The monoisotopic (exact) mass is 388 g/mol. The largest absolute Gasteiger partial charge is 0.504 e. The number of carbonyl (C=O) groups is 2. The van der Waals surface area contributed by atoms with Crippen LogP contribution in [0.25, 0.3) is 0 Å². The molecule has 0 aliphatic rings. The van der Waals surface area contributed by atoms with E-state index >= 15 is 0 Å². The van der Waals surface area contributed by atoms with Crippen LogP contribution >= 0.6 is 0 Å². The minimum atomic E-state index is -2.34. The molecule has 0 spiro atoms. The number of hydrogen-bond acceptors (Lipinski definition) is 6. The van der Waals surface area contributed by atoms with Gasteiger partial charge in [0.2, 0.25) is 11.3 Å². The molecule has 2 unspecified atom stereocenters.